The number of aryl methyl sites for hydroxylation is 1. The molecule has 1 amide bonds. The van der Waals surface area contributed by atoms with Crippen molar-refractivity contribution >= 4 is 24.0 Å². The second kappa shape index (κ2) is 7.70. The summed E-state index contributed by atoms with van der Waals surface area (Å²) in [5.74, 6) is -0.242. The molecule has 1 aromatic rings. The summed E-state index contributed by atoms with van der Waals surface area (Å²) >= 11 is 0. The maximum atomic E-state index is 11.7. The smallest absolute Gasteiger partial charge is 0.272 e. The Labute approximate surface area is 117 Å². The third-order valence-electron chi connectivity index (χ3n) is 2.54. The van der Waals surface area contributed by atoms with E-state index >= 15 is 0 Å². The Morgan fingerprint density at radius 2 is 2.16 bits per heavy atom. The Bertz CT molecular complexity index is 464. The predicted molar refractivity (Wildman–Crippen MR) is 75.7 cm³/mol. The number of amides is 1. The van der Waals surface area contributed by atoms with E-state index in [4.69, 9.17) is 5.73 Å². The zero-order chi connectivity index (χ0) is 13.7. The van der Waals surface area contributed by atoms with Gasteiger partial charge in [0.25, 0.3) is 11.6 Å². The van der Waals surface area contributed by atoms with Gasteiger partial charge in [-0.25, -0.2) is 0 Å². The molecule has 6 nitrogen and oxygen atoms in total. The van der Waals surface area contributed by atoms with E-state index in [2.05, 4.69) is 5.32 Å². The van der Waals surface area contributed by atoms with Gasteiger partial charge in [0, 0.05) is 29.8 Å². The van der Waals surface area contributed by atoms with Crippen molar-refractivity contribution < 1.29 is 9.72 Å². The fourth-order valence-electron chi connectivity index (χ4n) is 1.52. The van der Waals surface area contributed by atoms with Crippen molar-refractivity contribution in [2.75, 3.05) is 6.54 Å². The maximum Gasteiger partial charge on any atom is 0.272 e. The zero-order valence-corrected chi connectivity index (χ0v) is 11.7. The van der Waals surface area contributed by atoms with Gasteiger partial charge in [0.05, 0.1) is 4.92 Å². The van der Waals surface area contributed by atoms with Crippen LogP contribution in [0.2, 0.25) is 0 Å². The van der Waals surface area contributed by atoms with Crippen LogP contribution in [0.15, 0.2) is 18.2 Å². The molecular formula is C12H18ClN3O3. The van der Waals surface area contributed by atoms with Gasteiger partial charge in [-0.3, -0.25) is 14.9 Å². The lowest BCUT2D eigenvalue weighted by Crippen LogP contribution is -2.28. The van der Waals surface area contributed by atoms with E-state index in [-0.39, 0.29) is 30.0 Å². The molecule has 0 heterocycles. The van der Waals surface area contributed by atoms with Crippen LogP contribution >= 0.6 is 12.4 Å². The number of nitrogens with one attached hydrogen (secondary N) is 1. The second-order valence-electron chi connectivity index (χ2n) is 4.28. The highest BCUT2D eigenvalue weighted by molar-refractivity contribution is 5.94. The normalized spacial score (nSPS) is 11.3. The number of carbonyl (C=O) groups excluding carboxylic acids is 1. The SMILES string of the molecule is Cc1cc(C(=O)NCCC(C)N)ccc1[N+](=O)[O-].Cl. The minimum absolute atomic E-state index is 0. The lowest BCUT2D eigenvalue weighted by Gasteiger charge is -2.07. The Kier molecular flexibility index (Phi) is 7.03. The molecule has 1 atom stereocenters. The van der Waals surface area contributed by atoms with Crippen molar-refractivity contribution in [3.05, 3.63) is 39.4 Å². The lowest BCUT2D eigenvalue weighted by molar-refractivity contribution is -0.385. The molecule has 0 radical (unpaired) electrons. The van der Waals surface area contributed by atoms with Gasteiger partial charge in [-0.1, -0.05) is 0 Å². The fraction of sp³-hybridized carbons (Fsp3) is 0.417. The number of halogens is 1. The number of rotatable bonds is 5. The van der Waals surface area contributed by atoms with E-state index in [0.717, 1.165) is 0 Å². The molecule has 1 aromatic carbocycles. The largest absolute Gasteiger partial charge is 0.352 e. The minimum atomic E-state index is -0.465. The summed E-state index contributed by atoms with van der Waals surface area (Å²) in [5, 5.41) is 13.4. The van der Waals surface area contributed by atoms with Crippen LogP contribution < -0.4 is 11.1 Å². The maximum absolute atomic E-state index is 11.7. The van der Waals surface area contributed by atoms with Gasteiger partial charge in [-0.05, 0) is 32.4 Å². The van der Waals surface area contributed by atoms with E-state index in [9.17, 15) is 14.9 Å². The summed E-state index contributed by atoms with van der Waals surface area (Å²) in [6.07, 6.45) is 0.692. The van der Waals surface area contributed by atoms with Crippen LogP contribution in [0.1, 0.15) is 29.3 Å². The summed E-state index contributed by atoms with van der Waals surface area (Å²) in [6, 6.07) is 4.34. The summed E-state index contributed by atoms with van der Waals surface area (Å²) < 4.78 is 0. The van der Waals surface area contributed by atoms with Crippen molar-refractivity contribution in [1.29, 1.82) is 0 Å². The quantitative estimate of drug-likeness (QED) is 0.637. The minimum Gasteiger partial charge on any atom is -0.352 e. The molecule has 3 N–H and O–H groups in total. The van der Waals surface area contributed by atoms with Gasteiger partial charge in [0.15, 0.2) is 0 Å². The van der Waals surface area contributed by atoms with Gasteiger partial charge in [0.2, 0.25) is 0 Å². The van der Waals surface area contributed by atoms with Crippen LogP contribution in [0.4, 0.5) is 5.69 Å². The summed E-state index contributed by atoms with van der Waals surface area (Å²) in [4.78, 5) is 21.9. The van der Waals surface area contributed by atoms with Crippen molar-refractivity contribution in [1.82, 2.24) is 5.32 Å². The highest BCUT2D eigenvalue weighted by Gasteiger charge is 2.13. The fourth-order valence-corrected chi connectivity index (χ4v) is 1.52. The van der Waals surface area contributed by atoms with Crippen LogP contribution in [-0.4, -0.2) is 23.4 Å². The van der Waals surface area contributed by atoms with Gasteiger partial charge < -0.3 is 11.1 Å². The van der Waals surface area contributed by atoms with Gasteiger partial charge in [-0.2, -0.15) is 0 Å². The predicted octanol–water partition coefficient (Wildman–Crippen LogP) is 1.79. The number of hydrogen-bond acceptors (Lipinski definition) is 4. The number of hydrogen-bond donors (Lipinski definition) is 2. The monoisotopic (exact) mass is 287 g/mol. The standard InChI is InChI=1S/C12H17N3O3.ClH/c1-8-7-10(3-4-11(8)15(17)18)12(16)14-6-5-9(2)13;/h3-4,7,9H,5-6,13H2,1-2H3,(H,14,16);1H. The first-order valence-electron chi connectivity index (χ1n) is 5.70. The third kappa shape index (κ3) is 5.23. The average molecular weight is 288 g/mol. The molecule has 0 fully saturated rings. The van der Waals surface area contributed by atoms with Gasteiger partial charge in [0.1, 0.15) is 0 Å². The number of benzene rings is 1. The summed E-state index contributed by atoms with van der Waals surface area (Å²) in [5.41, 5.74) is 6.48. The number of carbonyl (C=O) groups is 1. The zero-order valence-electron chi connectivity index (χ0n) is 10.9. The molecule has 19 heavy (non-hydrogen) atoms. The van der Waals surface area contributed by atoms with Crippen molar-refractivity contribution in [3.8, 4) is 0 Å². The Balaban J connectivity index is 0.00000324. The highest BCUT2D eigenvalue weighted by Crippen LogP contribution is 2.18. The molecule has 0 bridgehead atoms. The van der Waals surface area contributed by atoms with Crippen LogP contribution in [0.25, 0.3) is 0 Å². The molecule has 0 spiro atoms. The van der Waals surface area contributed by atoms with E-state index in [1.807, 2.05) is 6.92 Å². The molecular weight excluding hydrogens is 270 g/mol. The van der Waals surface area contributed by atoms with E-state index in [0.29, 0.717) is 24.1 Å². The first-order valence-corrected chi connectivity index (χ1v) is 5.70. The van der Waals surface area contributed by atoms with Crippen LogP contribution in [0.5, 0.6) is 0 Å². The third-order valence-corrected chi connectivity index (χ3v) is 2.54. The van der Waals surface area contributed by atoms with Crippen molar-refractivity contribution in [2.45, 2.75) is 26.3 Å². The Morgan fingerprint density at radius 3 is 2.63 bits per heavy atom. The first kappa shape index (κ1) is 17.3. The molecule has 0 saturated heterocycles. The van der Waals surface area contributed by atoms with Crippen LogP contribution in [-0.2, 0) is 0 Å². The molecule has 0 aromatic heterocycles. The molecule has 0 aliphatic rings. The van der Waals surface area contributed by atoms with Crippen LogP contribution in [0.3, 0.4) is 0 Å². The average Bonchev–Trinajstić information content (AvgIpc) is 2.27. The molecule has 1 rings (SSSR count). The van der Waals surface area contributed by atoms with Gasteiger partial charge in [-0.15, -0.1) is 12.4 Å². The molecule has 106 valence electrons. The van der Waals surface area contributed by atoms with E-state index in [1.54, 1.807) is 6.92 Å². The number of nitro groups is 1. The lowest BCUT2D eigenvalue weighted by atomic mass is 10.1. The Hall–Kier alpha value is -1.66. The van der Waals surface area contributed by atoms with E-state index < -0.39 is 4.92 Å². The first-order chi connectivity index (χ1) is 8.41. The van der Waals surface area contributed by atoms with Crippen molar-refractivity contribution in [3.63, 3.8) is 0 Å². The van der Waals surface area contributed by atoms with Crippen LogP contribution in [0, 0.1) is 17.0 Å². The summed E-state index contributed by atoms with van der Waals surface area (Å²) in [7, 11) is 0. The molecule has 7 heteroatoms. The Morgan fingerprint density at radius 1 is 1.53 bits per heavy atom. The second-order valence-corrected chi connectivity index (χ2v) is 4.28. The highest BCUT2D eigenvalue weighted by atomic mass is 35.5. The molecule has 0 saturated carbocycles. The molecule has 1 unspecified atom stereocenters. The molecule has 0 aliphatic carbocycles. The van der Waals surface area contributed by atoms with Crippen molar-refractivity contribution in [2.24, 2.45) is 5.73 Å². The summed E-state index contributed by atoms with van der Waals surface area (Å²) in [6.45, 7) is 3.96. The number of nitrogens with zero attached hydrogens (tertiary/aromatic N) is 1. The number of nitrogens with two attached hydrogens (primary N) is 1. The number of nitro benzene ring substituents is 1. The topological polar surface area (TPSA) is 98.3 Å². The van der Waals surface area contributed by atoms with Gasteiger partial charge >= 0.3 is 0 Å². The molecule has 0 aliphatic heterocycles. The van der Waals surface area contributed by atoms with E-state index in [1.165, 1.54) is 18.2 Å².